The van der Waals surface area contributed by atoms with E-state index >= 15 is 0 Å². The standard InChI is InChI=1S/C14H16FN3OS/c1-9-7-20-8-11(9)6-17-5-10-3-2-4-12(13(10)15)14(16)18-19/h2-4,7-8,17,19H,5-6H2,1H3,(H2,16,18). The van der Waals surface area contributed by atoms with Gasteiger partial charge < -0.3 is 16.3 Å². The van der Waals surface area contributed by atoms with Crippen LogP contribution in [0.1, 0.15) is 22.3 Å². The minimum Gasteiger partial charge on any atom is -0.409 e. The molecule has 0 saturated heterocycles. The van der Waals surface area contributed by atoms with Gasteiger partial charge in [0.15, 0.2) is 5.84 Å². The molecule has 0 fully saturated rings. The van der Waals surface area contributed by atoms with Gasteiger partial charge in [-0.15, -0.1) is 0 Å². The van der Waals surface area contributed by atoms with E-state index < -0.39 is 5.82 Å². The summed E-state index contributed by atoms with van der Waals surface area (Å²) in [6.45, 7) is 3.11. The Morgan fingerprint density at radius 3 is 2.75 bits per heavy atom. The number of benzene rings is 1. The lowest BCUT2D eigenvalue weighted by molar-refractivity contribution is 0.318. The number of thiophene rings is 1. The maximum Gasteiger partial charge on any atom is 0.173 e. The summed E-state index contributed by atoms with van der Waals surface area (Å²) in [5.74, 6) is -0.685. The summed E-state index contributed by atoms with van der Waals surface area (Å²) in [5, 5.41) is 18.8. The molecule has 0 saturated carbocycles. The van der Waals surface area contributed by atoms with Crippen molar-refractivity contribution in [3.63, 3.8) is 0 Å². The van der Waals surface area contributed by atoms with Gasteiger partial charge in [-0.1, -0.05) is 17.3 Å². The molecule has 6 heteroatoms. The Kier molecular flexibility index (Phi) is 4.70. The Morgan fingerprint density at radius 1 is 1.35 bits per heavy atom. The highest BCUT2D eigenvalue weighted by atomic mass is 32.1. The summed E-state index contributed by atoms with van der Waals surface area (Å²) in [5.41, 5.74) is 8.47. The summed E-state index contributed by atoms with van der Waals surface area (Å²) >= 11 is 1.65. The van der Waals surface area contributed by atoms with Crippen LogP contribution in [-0.4, -0.2) is 11.0 Å². The summed E-state index contributed by atoms with van der Waals surface area (Å²) in [7, 11) is 0. The van der Waals surface area contributed by atoms with Crippen LogP contribution in [-0.2, 0) is 13.1 Å². The van der Waals surface area contributed by atoms with Gasteiger partial charge in [0.2, 0.25) is 0 Å². The molecule has 0 spiro atoms. The fourth-order valence-electron chi connectivity index (χ4n) is 1.87. The first-order valence-corrected chi connectivity index (χ1v) is 7.05. The molecular weight excluding hydrogens is 277 g/mol. The molecule has 0 atom stereocenters. The van der Waals surface area contributed by atoms with Crippen LogP contribution in [0.3, 0.4) is 0 Å². The molecule has 0 aliphatic rings. The van der Waals surface area contributed by atoms with Crippen LogP contribution in [0.25, 0.3) is 0 Å². The zero-order valence-corrected chi connectivity index (χ0v) is 11.9. The molecule has 2 rings (SSSR count). The summed E-state index contributed by atoms with van der Waals surface area (Å²) < 4.78 is 14.1. The van der Waals surface area contributed by atoms with Crippen LogP contribution in [0.4, 0.5) is 4.39 Å². The largest absolute Gasteiger partial charge is 0.409 e. The molecule has 0 amide bonds. The highest BCUT2D eigenvalue weighted by molar-refractivity contribution is 7.08. The van der Waals surface area contributed by atoms with E-state index in [9.17, 15) is 4.39 Å². The normalized spacial score (nSPS) is 11.8. The van der Waals surface area contributed by atoms with Crippen molar-refractivity contribution in [2.45, 2.75) is 20.0 Å². The number of nitrogens with two attached hydrogens (primary N) is 1. The van der Waals surface area contributed by atoms with E-state index in [1.54, 1.807) is 23.5 Å². The van der Waals surface area contributed by atoms with Gasteiger partial charge in [-0.2, -0.15) is 11.3 Å². The summed E-state index contributed by atoms with van der Waals surface area (Å²) in [4.78, 5) is 0. The average Bonchev–Trinajstić information content (AvgIpc) is 2.85. The molecule has 4 N–H and O–H groups in total. The molecule has 106 valence electrons. The van der Waals surface area contributed by atoms with Gasteiger partial charge in [0.25, 0.3) is 0 Å². The lowest BCUT2D eigenvalue weighted by atomic mass is 10.1. The first-order valence-electron chi connectivity index (χ1n) is 6.11. The van der Waals surface area contributed by atoms with Gasteiger partial charge in [0.05, 0.1) is 5.56 Å². The topological polar surface area (TPSA) is 70.6 Å². The fraction of sp³-hybridized carbons (Fsp3) is 0.214. The highest BCUT2D eigenvalue weighted by Gasteiger charge is 2.11. The second kappa shape index (κ2) is 6.49. The van der Waals surface area contributed by atoms with E-state index in [1.165, 1.54) is 17.2 Å². The summed E-state index contributed by atoms with van der Waals surface area (Å²) in [6, 6.07) is 4.84. The zero-order valence-electron chi connectivity index (χ0n) is 11.1. The third-order valence-electron chi connectivity index (χ3n) is 3.05. The van der Waals surface area contributed by atoms with Gasteiger partial charge in [-0.05, 0) is 34.9 Å². The minimum absolute atomic E-state index is 0.110. The minimum atomic E-state index is -0.461. The Hall–Kier alpha value is -1.92. The van der Waals surface area contributed by atoms with Crippen molar-refractivity contribution in [2.75, 3.05) is 0 Å². The van der Waals surface area contributed by atoms with Crippen LogP contribution < -0.4 is 11.1 Å². The van der Waals surface area contributed by atoms with Gasteiger partial charge in [-0.3, -0.25) is 0 Å². The number of aryl methyl sites for hydroxylation is 1. The number of halogens is 1. The molecule has 1 heterocycles. The second-order valence-electron chi connectivity index (χ2n) is 4.45. The van der Waals surface area contributed by atoms with Crippen LogP contribution in [0, 0.1) is 12.7 Å². The number of hydrogen-bond donors (Lipinski definition) is 3. The van der Waals surface area contributed by atoms with Crippen molar-refractivity contribution in [1.82, 2.24) is 5.32 Å². The molecule has 0 aliphatic heterocycles. The lowest BCUT2D eigenvalue weighted by Gasteiger charge is -2.08. The first-order chi connectivity index (χ1) is 9.63. The number of amidine groups is 1. The average molecular weight is 293 g/mol. The molecule has 0 aliphatic carbocycles. The van der Waals surface area contributed by atoms with E-state index in [4.69, 9.17) is 10.9 Å². The van der Waals surface area contributed by atoms with Crippen LogP contribution in [0.15, 0.2) is 34.1 Å². The molecule has 20 heavy (non-hydrogen) atoms. The Bertz CT molecular complexity index is 625. The second-order valence-corrected chi connectivity index (χ2v) is 5.19. The van der Waals surface area contributed by atoms with Gasteiger partial charge in [0, 0.05) is 18.7 Å². The monoisotopic (exact) mass is 293 g/mol. The van der Waals surface area contributed by atoms with Gasteiger partial charge >= 0.3 is 0 Å². The Labute approximate surface area is 120 Å². The predicted molar refractivity (Wildman–Crippen MR) is 78.5 cm³/mol. The quantitative estimate of drug-likeness (QED) is 0.343. The van der Waals surface area contributed by atoms with Crippen molar-refractivity contribution >= 4 is 17.2 Å². The fourth-order valence-corrected chi connectivity index (χ4v) is 2.72. The number of oxime groups is 1. The third kappa shape index (κ3) is 3.15. The van der Waals surface area contributed by atoms with E-state index in [0.29, 0.717) is 18.7 Å². The van der Waals surface area contributed by atoms with Crippen molar-refractivity contribution in [3.05, 3.63) is 57.0 Å². The molecule has 1 aromatic carbocycles. The van der Waals surface area contributed by atoms with Crippen LogP contribution in [0.2, 0.25) is 0 Å². The molecule has 0 radical (unpaired) electrons. The number of hydrogen-bond acceptors (Lipinski definition) is 4. The number of nitrogens with one attached hydrogen (secondary N) is 1. The van der Waals surface area contributed by atoms with Crippen molar-refractivity contribution in [1.29, 1.82) is 0 Å². The van der Waals surface area contributed by atoms with E-state index in [-0.39, 0.29) is 11.4 Å². The molecule has 2 aromatic rings. The predicted octanol–water partition coefficient (Wildman–Crippen LogP) is 2.58. The van der Waals surface area contributed by atoms with E-state index in [1.807, 2.05) is 6.92 Å². The van der Waals surface area contributed by atoms with Crippen LogP contribution in [0.5, 0.6) is 0 Å². The Balaban J connectivity index is 2.05. The maximum atomic E-state index is 14.1. The molecule has 4 nitrogen and oxygen atoms in total. The zero-order chi connectivity index (χ0) is 14.5. The number of nitrogens with zero attached hydrogens (tertiary/aromatic N) is 1. The Morgan fingerprint density at radius 2 is 2.10 bits per heavy atom. The van der Waals surface area contributed by atoms with E-state index in [2.05, 4.69) is 21.2 Å². The molecule has 1 aromatic heterocycles. The lowest BCUT2D eigenvalue weighted by Crippen LogP contribution is -2.18. The van der Waals surface area contributed by atoms with Gasteiger partial charge in [-0.25, -0.2) is 4.39 Å². The maximum absolute atomic E-state index is 14.1. The first kappa shape index (κ1) is 14.5. The molecule has 0 bridgehead atoms. The van der Waals surface area contributed by atoms with Crippen molar-refractivity contribution < 1.29 is 9.60 Å². The smallest absolute Gasteiger partial charge is 0.173 e. The SMILES string of the molecule is Cc1cscc1CNCc1cccc(/C(N)=N/O)c1F. The molecular formula is C14H16FN3OS. The van der Waals surface area contributed by atoms with E-state index in [0.717, 1.165) is 0 Å². The van der Waals surface area contributed by atoms with Crippen LogP contribution >= 0.6 is 11.3 Å². The van der Waals surface area contributed by atoms with Crippen molar-refractivity contribution in [2.24, 2.45) is 10.9 Å². The summed E-state index contributed by atoms with van der Waals surface area (Å²) in [6.07, 6.45) is 0. The molecule has 0 unspecified atom stereocenters. The number of rotatable bonds is 5. The highest BCUT2D eigenvalue weighted by Crippen LogP contribution is 2.15. The van der Waals surface area contributed by atoms with Gasteiger partial charge in [0.1, 0.15) is 5.82 Å². The van der Waals surface area contributed by atoms with Crippen molar-refractivity contribution in [3.8, 4) is 0 Å². The third-order valence-corrected chi connectivity index (χ3v) is 3.97.